The number of cyclic esters (lactones) is 4. The molecule has 172 valence electrons. The summed E-state index contributed by atoms with van der Waals surface area (Å²) in [5.41, 5.74) is 1.20. The van der Waals surface area contributed by atoms with E-state index in [9.17, 15) is 41.1 Å². The van der Waals surface area contributed by atoms with E-state index in [0.717, 1.165) is 0 Å². The number of benzene rings is 1. The van der Waals surface area contributed by atoms with Gasteiger partial charge in [0, 0.05) is 11.8 Å². The van der Waals surface area contributed by atoms with E-state index in [-0.39, 0.29) is 11.1 Å². The summed E-state index contributed by atoms with van der Waals surface area (Å²) in [5.74, 6) is -10.7. The molecule has 2 aliphatic heterocycles. The first-order valence-corrected chi connectivity index (χ1v) is 9.51. The van der Waals surface area contributed by atoms with E-state index in [1.165, 1.54) is 6.07 Å². The third kappa shape index (κ3) is 3.46. The Kier molecular flexibility index (Phi) is 5.11. The minimum Gasteiger partial charge on any atom is -0.393 e. The second-order valence-electron chi connectivity index (χ2n) is 7.99. The Morgan fingerprint density at radius 1 is 0.938 bits per heavy atom. The molecule has 4 rings (SSSR count). The molecule has 1 aromatic rings. The predicted molar refractivity (Wildman–Crippen MR) is 90.9 cm³/mol. The van der Waals surface area contributed by atoms with Crippen molar-refractivity contribution in [1.29, 1.82) is 0 Å². The summed E-state index contributed by atoms with van der Waals surface area (Å²) < 4.78 is 78.1. The van der Waals surface area contributed by atoms with Crippen molar-refractivity contribution >= 4 is 23.9 Å². The third-order valence-corrected chi connectivity index (χ3v) is 6.07. The maximum Gasteiger partial charge on any atom is 0.482 e. The van der Waals surface area contributed by atoms with E-state index in [1.807, 2.05) is 0 Å². The van der Waals surface area contributed by atoms with Crippen LogP contribution in [-0.2, 0) is 33.4 Å². The first kappa shape index (κ1) is 22.3. The minimum absolute atomic E-state index is 0.254. The quantitative estimate of drug-likeness (QED) is 0.386. The first-order valence-electron chi connectivity index (χ1n) is 9.51. The van der Waals surface area contributed by atoms with E-state index in [1.54, 1.807) is 19.1 Å². The fourth-order valence-electron chi connectivity index (χ4n) is 4.75. The first-order chi connectivity index (χ1) is 14.8. The molecule has 3 aliphatic rings. The largest absolute Gasteiger partial charge is 0.482 e. The van der Waals surface area contributed by atoms with Crippen LogP contribution in [-0.4, -0.2) is 42.8 Å². The van der Waals surface area contributed by atoms with Crippen LogP contribution in [0.15, 0.2) is 18.2 Å². The smallest absolute Gasteiger partial charge is 0.393 e. The summed E-state index contributed by atoms with van der Waals surface area (Å²) in [5, 5.41) is 0. The molecule has 0 radical (unpaired) electrons. The van der Waals surface area contributed by atoms with Crippen LogP contribution >= 0.6 is 0 Å². The van der Waals surface area contributed by atoms with Crippen LogP contribution in [0.25, 0.3) is 0 Å². The maximum atomic E-state index is 13.5. The molecule has 2 fully saturated rings. The van der Waals surface area contributed by atoms with Gasteiger partial charge in [0.2, 0.25) is 0 Å². The van der Waals surface area contributed by atoms with E-state index in [4.69, 9.17) is 0 Å². The number of alkyl halides is 5. The standard InChI is InChI=1S/C20H15F5O7/c1-7-2-3-8-9(4-7)14-15(18(29)32-17(14)28)11(6-30-20(24,25)19(21,22)23)13(8)10-5-12(26)31-16(10)27/h2-4,10-11,13-15H,5-6H2,1H3. The zero-order chi connectivity index (χ0) is 23.6. The normalized spacial score (nSPS) is 30.1. The monoisotopic (exact) mass is 462 g/mol. The second-order valence-corrected chi connectivity index (χ2v) is 7.99. The molecule has 1 aliphatic carbocycles. The van der Waals surface area contributed by atoms with Crippen molar-refractivity contribution < 1.29 is 55.3 Å². The molecule has 0 aromatic heterocycles. The highest BCUT2D eigenvalue weighted by atomic mass is 19.4. The summed E-state index contributed by atoms with van der Waals surface area (Å²) in [6.45, 7) is 0.352. The van der Waals surface area contributed by atoms with Gasteiger partial charge in [-0.15, -0.1) is 0 Å². The molecule has 2 heterocycles. The van der Waals surface area contributed by atoms with E-state index in [0.29, 0.717) is 5.56 Å². The van der Waals surface area contributed by atoms with Gasteiger partial charge in [-0.1, -0.05) is 23.8 Å². The third-order valence-electron chi connectivity index (χ3n) is 6.07. The summed E-state index contributed by atoms with van der Waals surface area (Å²) in [4.78, 5) is 48.8. The van der Waals surface area contributed by atoms with Gasteiger partial charge in [0.05, 0.1) is 30.8 Å². The summed E-state index contributed by atoms with van der Waals surface area (Å²) in [7, 11) is 0. The molecule has 7 nitrogen and oxygen atoms in total. The van der Waals surface area contributed by atoms with Crippen LogP contribution in [0.5, 0.6) is 0 Å². The molecule has 0 amide bonds. The molecule has 12 heteroatoms. The van der Waals surface area contributed by atoms with Crippen molar-refractivity contribution in [2.45, 2.75) is 37.5 Å². The number of esters is 4. The lowest BCUT2D eigenvalue weighted by atomic mass is 9.61. The highest BCUT2D eigenvalue weighted by molar-refractivity contribution is 6.01. The fraction of sp³-hybridized carbons (Fsp3) is 0.500. The van der Waals surface area contributed by atoms with Gasteiger partial charge in [0.25, 0.3) is 0 Å². The molecule has 0 N–H and O–H groups in total. The van der Waals surface area contributed by atoms with Gasteiger partial charge in [-0.3, -0.25) is 19.2 Å². The van der Waals surface area contributed by atoms with Gasteiger partial charge in [-0.2, -0.15) is 22.0 Å². The summed E-state index contributed by atoms with van der Waals surface area (Å²) in [6, 6.07) is 4.61. The molecule has 5 atom stereocenters. The number of aryl methyl sites for hydroxylation is 1. The Balaban J connectivity index is 1.83. The van der Waals surface area contributed by atoms with Crippen LogP contribution in [0.1, 0.15) is 34.9 Å². The molecule has 2 saturated heterocycles. The number of halogens is 5. The maximum absolute atomic E-state index is 13.5. The number of ether oxygens (including phenoxy) is 3. The average Bonchev–Trinajstić information content (AvgIpc) is 3.16. The zero-order valence-corrected chi connectivity index (χ0v) is 16.3. The van der Waals surface area contributed by atoms with Gasteiger partial charge >= 0.3 is 36.2 Å². The highest BCUT2D eigenvalue weighted by Gasteiger charge is 2.63. The second kappa shape index (κ2) is 7.32. The molecule has 5 unspecified atom stereocenters. The number of hydrogen-bond donors (Lipinski definition) is 0. The molecular formula is C20H15F5O7. The van der Waals surface area contributed by atoms with Gasteiger partial charge in [0.1, 0.15) is 0 Å². The van der Waals surface area contributed by atoms with E-state index < -0.39 is 78.8 Å². The molecule has 1 aromatic carbocycles. The lowest BCUT2D eigenvalue weighted by Crippen LogP contribution is -2.45. The number of rotatable bonds is 4. The number of hydrogen-bond acceptors (Lipinski definition) is 7. The highest BCUT2D eigenvalue weighted by Crippen LogP contribution is 2.55. The van der Waals surface area contributed by atoms with Crippen molar-refractivity contribution in [3.05, 3.63) is 34.9 Å². The van der Waals surface area contributed by atoms with Gasteiger partial charge in [-0.05, 0) is 18.1 Å². The van der Waals surface area contributed by atoms with Crippen molar-refractivity contribution in [2.75, 3.05) is 6.61 Å². The lowest BCUT2D eigenvalue weighted by molar-refractivity contribution is -0.394. The van der Waals surface area contributed by atoms with Crippen molar-refractivity contribution in [2.24, 2.45) is 17.8 Å². The zero-order valence-electron chi connectivity index (χ0n) is 16.3. The van der Waals surface area contributed by atoms with Crippen LogP contribution in [0.2, 0.25) is 0 Å². The minimum atomic E-state index is -6.03. The average molecular weight is 462 g/mol. The van der Waals surface area contributed by atoms with Gasteiger partial charge in [0.15, 0.2) is 0 Å². The fourth-order valence-corrected chi connectivity index (χ4v) is 4.75. The number of carbonyl (C=O) groups is 4. The summed E-state index contributed by atoms with van der Waals surface area (Å²) in [6.07, 6.45) is -12.0. The van der Waals surface area contributed by atoms with Gasteiger partial charge in [-0.25, -0.2) is 0 Å². The van der Waals surface area contributed by atoms with Crippen LogP contribution in [0.4, 0.5) is 22.0 Å². The van der Waals surface area contributed by atoms with Crippen LogP contribution < -0.4 is 0 Å². The topological polar surface area (TPSA) is 96.0 Å². The molecule has 0 bridgehead atoms. The Hall–Kier alpha value is -2.89. The van der Waals surface area contributed by atoms with Crippen molar-refractivity contribution in [3.63, 3.8) is 0 Å². The van der Waals surface area contributed by atoms with E-state index >= 15 is 0 Å². The molecule has 32 heavy (non-hydrogen) atoms. The van der Waals surface area contributed by atoms with Crippen LogP contribution in [0.3, 0.4) is 0 Å². The van der Waals surface area contributed by atoms with Crippen molar-refractivity contribution in [1.82, 2.24) is 0 Å². The Morgan fingerprint density at radius 3 is 2.22 bits per heavy atom. The Labute approximate surface area is 176 Å². The molecular weight excluding hydrogens is 447 g/mol. The Bertz CT molecular complexity index is 1020. The predicted octanol–water partition coefficient (Wildman–Crippen LogP) is 2.75. The SMILES string of the molecule is Cc1ccc2c(c1)C1C(=O)OC(=O)C1C(COC(F)(F)C(F)(F)F)C2C1CC(=O)OC1=O. The van der Waals surface area contributed by atoms with Crippen LogP contribution in [0, 0.1) is 24.7 Å². The molecule has 0 saturated carbocycles. The molecule has 0 spiro atoms. The van der Waals surface area contributed by atoms with E-state index in [2.05, 4.69) is 14.2 Å². The van der Waals surface area contributed by atoms with Crippen molar-refractivity contribution in [3.8, 4) is 0 Å². The van der Waals surface area contributed by atoms with Gasteiger partial charge < -0.3 is 14.2 Å². The number of carbonyl (C=O) groups excluding carboxylic acids is 4. The Morgan fingerprint density at radius 2 is 1.62 bits per heavy atom. The summed E-state index contributed by atoms with van der Waals surface area (Å²) >= 11 is 0. The lowest BCUT2D eigenvalue weighted by Gasteiger charge is -2.40. The number of fused-ring (bicyclic) bond motifs is 3.